The first kappa shape index (κ1) is 11.1. The van der Waals surface area contributed by atoms with Crippen molar-refractivity contribution in [2.75, 3.05) is 6.54 Å². The van der Waals surface area contributed by atoms with Gasteiger partial charge in [0, 0.05) is 31.5 Å². The third-order valence-electron chi connectivity index (χ3n) is 3.15. The van der Waals surface area contributed by atoms with Crippen molar-refractivity contribution in [1.82, 2.24) is 14.9 Å². The highest BCUT2D eigenvalue weighted by Gasteiger charge is 2.48. The Morgan fingerprint density at radius 2 is 2.44 bits per heavy atom. The third kappa shape index (κ3) is 2.24. The first-order chi connectivity index (χ1) is 7.66. The van der Waals surface area contributed by atoms with Crippen LogP contribution in [-0.2, 0) is 11.3 Å². The monoisotopic (exact) mass is 222 g/mol. The summed E-state index contributed by atoms with van der Waals surface area (Å²) in [5.74, 6) is 0.0996. The fraction of sp³-hybridized carbons (Fsp3) is 0.636. The molecule has 0 bridgehead atoms. The van der Waals surface area contributed by atoms with E-state index in [1.807, 2.05) is 17.7 Å². The fourth-order valence-corrected chi connectivity index (χ4v) is 1.81. The Labute approximate surface area is 95.0 Å². The van der Waals surface area contributed by atoms with Crippen molar-refractivity contribution in [2.24, 2.45) is 11.1 Å². The molecule has 0 aliphatic heterocycles. The summed E-state index contributed by atoms with van der Waals surface area (Å²) in [6, 6.07) is 0.103. The summed E-state index contributed by atoms with van der Waals surface area (Å²) in [5.41, 5.74) is 5.34. The molecule has 1 aliphatic carbocycles. The van der Waals surface area contributed by atoms with Gasteiger partial charge < -0.3 is 15.6 Å². The number of nitrogens with one attached hydrogen (secondary N) is 1. The number of hydrogen-bond acceptors (Lipinski definition) is 3. The van der Waals surface area contributed by atoms with Crippen molar-refractivity contribution in [1.29, 1.82) is 0 Å². The van der Waals surface area contributed by atoms with Crippen LogP contribution in [0.1, 0.15) is 19.8 Å². The Morgan fingerprint density at radius 3 is 2.94 bits per heavy atom. The van der Waals surface area contributed by atoms with Gasteiger partial charge in [-0.2, -0.15) is 0 Å². The van der Waals surface area contributed by atoms with Gasteiger partial charge in [0.15, 0.2) is 0 Å². The number of amides is 1. The zero-order valence-electron chi connectivity index (χ0n) is 9.52. The molecule has 0 spiro atoms. The lowest BCUT2D eigenvalue weighted by Crippen LogP contribution is -2.42. The maximum Gasteiger partial charge on any atom is 0.227 e. The Hall–Kier alpha value is -1.36. The predicted octanol–water partition coefficient (Wildman–Crippen LogP) is 0.127. The van der Waals surface area contributed by atoms with Crippen LogP contribution in [0.4, 0.5) is 0 Å². The maximum absolute atomic E-state index is 11.9. The smallest absolute Gasteiger partial charge is 0.227 e. The molecule has 2 rings (SSSR count). The second-order valence-corrected chi connectivity index (χ2v) is 4.62. The van der Waals surface area contributed by atoms with Gasteiger partial charge >= 0.3 is 0 Å². The van der Waals surface area contributed by atoms with Gasteiger partial charge in [0.1, 0.15) is 0 Å². The second kappa shape index (κ2) is 4.25. The van der Waals surface area contributed by atoms with Crippen molar-refractivity contribution in [3.05, 3.63) is 18.7 Å². The molecule has 1 unspecified atom stereocenters. The first-order valence-corrected chi connectivity index (χ1v) is 5.63. The predicted molar refractivity (Wildman–Crippen MR) is 60.6 cm³/mol. The summed E-state index contributed by atoms with van der Waals surface area (Å²) in [5, 5.41) is 3.00. The Bertz CT molecular complexity index is 356. The molecule has 1 atom stereocenters. The Balaban J connectivity index is 1.83. The molecule has 3 N–H and O–H groups in total. The average Bonchev–Trinajstić information content (AvgIpc) is 2.91. The summed E-state index contributed by atoms with van der Waals surface area (Å²) in [4.78, 5) is 15.8. The van der Waals surface area contributed by atoms with Crippen LogP contribution in [0.25, 0.3) is 0 Å². The van der Waals surface area contributed by atoms with Gasteiger partial charge in [-0.25, -0.2) is 4.98 Å². The third-order valence-corrected chi connectivity index (χ3v) is 3.15. The number of aromatic nitrogens is 2. The molecule has 5 heteroatoms. The lowest BCUT2D eigenvalue weighted by Gasteiger charge is -2.18. The lowest BCUT2D eigenvalue weighted by atomic mass is 10.1. The number of nitrogens with two attached hydrogens (primary N) is 1. The van der Waals surface area contributed by atoms with Crippen molar-refractivity contribution in [3.8, 4) is 0 Å². The molecule has 1 saturated carbocycles. The van der Waals surface area contributed by atoms with Gasteiger partial charge in [-0.3, -0.25) is 4.79 Å². The van der Waals surface area contributed by atoms with Crippen LogP contribution >= 0.6 is 0 Å². The number of carbonyl (C=O) groups is 1. The molecule has 5 nitrogen and oxygen atoms in total. The van der Waals surface area contributed by atoms with Crippen LogP contribution in [0.15, 0.2) is 18.7 Å². The molecule has 1 fully saturated rings. The van der Waals surface area contributed by atoms with Gasteiger partial charge in [0.25, 0.3) is 0 Å². The van der Waals surface area contributed by atoms with Gasteiger partial charge in [0.05, 0.1) is 11.7 Å². The zero-order valence-corrected chi connectivity index (χ0v) is 9.52. The summed E-state index contributed by atoms with van der Waals surface area (Å²) in [6.07, 6.45) is 7.22. The zero-order chi connectivity index (χ0) is 11.6. The minimum atomic E-state index is -0.261. The largest absolute Gasteiger partial charge is 0.351 e. The highest BCUT2D eigenvalue weighted by atomic mass is 16.2. The summed E-state index contributed by atoms with van der Waals surface area (Å²) < 4.78 is 1.95. The van der Waals surface area contributed by atoms with E-state index in [1.54, 1.807) is 12.5 Å². The number of nitrogens with zero attached hydrogens (tertiary/aromatic N) is 2. The van der Waals surface area contributed by atoms with Gasteiger partial charge in [-0.15, -0.1) is 0 Å². The molecular weight excluding hydrogens is 204 g/mol. The topological polar surface area (TPSA) is 72.9 Å². The van der Waals surface area contributed by atoms with Crippen LogP contribution in [0, 0.1) is 5.41 Å². The Kier molecular flexibility index (Phi) is 2.96. The van der Waals surface area contributed by atoms with Crippen LogP contribution in [0.5, 0.6) is 0 Å². The van der Waals surface area contributed by atoms with Crippen molar-refractivity contribution in [2.45, 2.75) is 32.4 Å². The van der Waals surface area contributed by atoms with Crippen molar-refractivity contribution < 1.29 is 4.79 Å². The van der Waals surface area contributed by atoms with E-state index in [-0.39, 0.29) is 17.4 Å². The highest BCUT2D eigenvalue weighted by Crippen LogP contribution is 2.44. The van der Waals surface area contributed by atoms with Crippen molar-refractivity contribution in [3.63, 3.8) is 0 Å². The minimum absolute atomic E-state index is 0.0996. The number of carbonyl (C=O) groups excluding carboxylic acids is 1. The lowest BCUT2D eigenvalue weighted by molar-refractivity contribution is -0.126. The van der Waals surface area contributed by atoms with E-state index in [0.717, 1.165) is 19.4 Å². The van der Waals surface area contributed by atoms with Gasteiger partial charge in [-0.1, -0.05) is 0 Å². The van der Waals surface area contributed by atoms with E-state index in [1.165, 1.54) is 0 Å². The molecular formula is C11H18N4O. The molecule has 1 heterocycles. The summed E-state index contributed by atoms with van der Waals surface area (Å²) >= 11 is 0. The number of hydrogen-bond donors (Lipinski definition) is 2. The summed E-state index contributed by atoms with van der Waals surface area (Å²) in [7, 11) is 0. The van der Waals surface area contributed by atoms with E-state index in [2.05, 4.69) is 10.3 Å². The molecule has 1 aromatic rings. The van der Waals surface area contributed by atoms with Gasteiger partial charge in [0.2, 0.25) is 5.91 Å². The minimum Gasteiger partial charge on any atom is -0.351 e. The van der Waals surface area contributed by atoms with Crippen LogP contribution < -0.4 is 11.1 Å². The number of imidazole rings is 1. The van der Waals surface area contributed by atoms with Crippen LogP contribution in [0.2, 0.25) is 0 Å². The van der Waals surface area contributed by atoms with Gasteiger partial charge in [-0.05, 0) is 19.8 Å². The van der Waals surface area contributed by atoms with E-state index in [4.69, 9.17) is 5.73 Å². The molecule has 1 aromatic heterocycles. The summed E-state index contributed by atoms with van der Waals surface area (Å²) in [6.45, 7) is 3.19. The van der Waals surface area contributed by atoms with Crippen LogP contribution in [0.3, 0.4) is 0 Å². The fourth-order valence-electron chi connectivity index (χ4n) is 1.81. The highest BCUT2D eigenvalue weighted by molar-refractivity contribution is 5.85. The molecule has 1 amide bonds. The van der Waals surface area contributed by atoms with E-state index in [9.17, 15) is 4.79 Å². The van der Waals surface area contributed by atoms with Crippen LogP contribution in [-0.4, -0.2) is 28.0 Å². The standard InChI is InChI=1S/C11H18N4O/c1-9(6-15-5-4-13-8-15)14-10(16)11(7-12)2-3-11/h4-5,8-9H,2-3,6-7,12H2,1H3,(H,14,16). The molecule has 88 valence electrons. The normalized spacial score (nSPS) is 19.1. The maximum atomic E-state index is 11.9. The molecule has 16 heavy (non-hydrogen) atoms. The van der Waals surface area contributed by atoms with E-state index < -0.39 is 0 Å². The van der Waals surface area contributed by atoms with Crippen molar-refractivity contribution >= 4 is 5.91 Å². The number of rotatable bonds is 5. The second-order valence-electron chi connectivity index (χ2n) is 4.62. The van der Waals surface area contributed by atoms with E-state index >= 15 is 0 Å². The quantitative estimate of drug-likeness (QED) is 0.743. The molecule has 0 radical (unpaired) electrons. The molecule has 1 aliphatic rings. The SMILES string of the molecule is CC(Cn1ccnc1)NC(=O)C1(CN)CC1. The van der Waals surface area contributed by atoms with E-state index in [0.29, 0.717) is 6.54 Å². The first-order valence-electron chi connectivity index (χ1n) is 5.63. The Morgan fingerprint density at radius 1 is 1.69 bits per heavy atom. The molecule has 0 saturated heterocycles. The molecule has 0 aromatic carbocycles. The average molecular weight is 222 g/mol.